The van der Waals surface area contributed by atoms with Crippen LogP contribution in [0.3, 0.4) is 0 Å². The van der Waals surface area contributed by atoms with E-state index < -0.39 is 0 Å². The average Bonchev–Trinajstić information content (AvgIpc) is 2.69. The van der Waals surface area contributed by atoms with E-state index in [4.69, 9.17) is 5.84 Å². The minimum absolute atomic E-state index is 0.612. The van der Waals surface area contributed by atoms with Crippen LogP contribution >= 0.6 is 0 Å². The SMILES string of the molecule is CC(C)CCC(NN)C1C2C3CCC(C3)C21. The van der Waals surface area contributed by atoms with Gasteiger partial charge in [0.1, 0.15) is 0 Å². The van der Waals surface area contributed by atoms with Crippen LogP contribution in [0, 0.1) is 35.5 Å². The number of hydrazine groups is 1. The molecule has 3 fully saturated rings. The zero-order valence-electron chi connectivity index (χ0n) is 10.7. The molecule has 0 aromatic carbocycles. The van der Waals surface area contributed by atoms with Crippen molar-refractivity contribution in [3.63, 3.8) is 0 Å². The van der Waals surface area contributed by atoms with Crippen LogP contribution in [0.1, 0.15) is 46.0 Å². The maximum Gasteiger partial charge on any atom is 0.0244 e. The van der Waals surface area contributed by atoms with E-state index in [1.54, 1.807) is 6.42 Å². The smallest absolute Gasteiger partial charge is 0.0244 e. The van der Waals surface area contributed by atoms with Crippen molar-refractivity contribution in [1.29, 1.82) is 0 Å². The summed E-state index contributed by atoms with van der Waals surface area (Å²) in [7, 11) is 0. The Bertz CT molecular complexity index is 247. The Kier molecular flexibility index (Phi) is 2.75. The summed E-state index contributed by atoms with van der Waals surface area (Å²) in [6, 6.07) is 0.612. The molecule has 3 saturated carbocycles. The summed E-state index contributed by atoms with van der Waals surface area (Å²) in [6.45, 7) is 4.62. The molecular formula is C14H26N2. The Hall–Kier alpha value is -0.0800. The lowest BCUT2D eigenvalue weighted by Gasteiger charge is -2.20. The Morgan fingerprint density at radius 3 is 2.25 bits per heavy atom. The van der Waals surface area contributed by atoms with E-state index in [2.05, 4.69) is 19.3 Å². The molecule has 2 heteroatoms. The molecule has 3 rings (SSSR count). The summed E-state index contributed by atoms with van der Waals surface area (Å²) in [5.41, 5.74) is 3.12. The molecule has 3 aliphatic carbocycles. The lowest BCUT2D eigenvalue weighted by molar-refractivity contribution is 0.334. The van der Waals surface area contributed by atoms with Crippen LogP contribution in [0.4, 0.5) is 0 Å². The molecule has 0 heterocycles. The van der Waals surface area contributed by atoms with Gasteiger partial charge in [-0.1, -0.05) is 13.8 Å². The average molecular weight is 222 g/mol. The highest BCUT2D eigenvalue weighted by atomic mass is 15.2. The van der Waals surface area contributed by atoms with Crippen LogP contribution in [0.5, 0.6) is 0 Å². The van der Waals surface area contributed by atoms with Crippen LogP contribution in [0.2, 0.25) is 0 Å². The molecule has 5 atom stereocenters. The Balaban J connectivity index is 1.57. The highest BCUT2D eigenvalue weighted by Crippen LogP contribution is 2.70. The maximum atomic E-state index is 5.76. The summed E-state index contributed by atoms with van der Waals surface area (Å²) in [6.07, 6.45) is 7.19. The molecule has 16 heavy (non-hydrogen) atoms. The van der Waals surface area contributed by atoms with Crippen molar-refractivity contribution in [3.05, 3.63) is 0 Å². The van der Waals surface area contributed by atoms with Crippen LogP contribution in [0.15, 0.2) is 0 Å². The highest BCUT2D eigenvalue weighted by molar-refractivity contribution is 5.15. The number of fused-ring (bicyclic) bond motifs is 5. The first-order chi connectivity index (χ1) is 7.72. The second-order valence-electron chi connectivity index (χ2n) is 6.81. The van der Waals surface area contributed by atoms with E-state index in [0.29, 0.717) is 6.04 Å². The van der Waals surface area contributed by atoms with Gasteiger partial charge in [-0.2, -0.15) is 0 Å². The van der Waals surface area contributed by atoms with Crippen LogP contribution in [-0.2, 0) is 0 Å². The van der Waals surface area contributed by atoms with Gasteiger partial charge in [0.25, 0.3) is 0 Å². The Morgan fingerprint density at radius 2 is 1.75 bits per heavy atom. The number of hydrogen-bond acceptors (Lipinski definition) is 2. The number of hydrogen-bond donors (Lipinski definition) is 2. The lowest BCUT2D eigenvalue weighted by Crippen LogP contribution is -2.38. The molecule has 0 radical (unpaired) electrons. The second-order valence-corrected chi connectivity index (χ2v) is 6.81. The molecule has 3 N–H and O–H groups in total. The number of nitrogens with one attached hydrogen (secondary N) is 1. The van der Waals surface area contributed by atoms with E-state index >= 15 is 0 Å². The molecule has 0 spiro atoms. The number of rotatable bonds is 5. The molecule has 5 unspecified atom stereocenters. The fourth-order valence-corrected chi connectivity index (χ4v) is 4.83. The van der Waals surface area contributed by atoms with E-state index in [1.165, 1.54) is 25.7 Å². The van der Waals surface area contributed by atoms with Crippen LogP contribution in [-0.4, -0.2) is 6.04 Å². The number of nitrogens with two attached hydrogens (primary N) is 1. The van der Waals surface area contributed by atoms with Crippen LogP contribution < -0.4 is 11.3 Å². The molecule has 3 aliphatic rings. The normalized spacial score (nSPS) is 46.1. The predicted octanol–water partition coefficient (Wildman–Crippen LogP) is 2.55. The first kappa shape index (κ1) is 11.0. The second kappa shape index (κ2) is 3.99. The van der Waals surface area contributed by atoms with Crippen molar-refractivity contribution in [2.45, 2.75) is 52.0 Å². The minimum Gasteiger partial charge on any atom is -0.271 e. The van der Waals surface area contributed by atoms with Gasteiger partial charge in [0, 0.05) is 6.04 Å². The van der Waals surface area contributed by atoms with Crippen molar-refractivity contribution in [1.82, 2.24) is 5.43 Å². The van der Waals surface area contributed by atoms with Gasteiger partial charge in [-0.25, -0.2) is 0 Å². The van der Waals surface area contributed by atoms with Gasteiger partial charge in [-0.3, -0.25) is 11.3 Å². The van der Waals surface area contributed by atoms with Crippen molar-refractivity contribution in [3.8, 4) is 0 Å². The largest absolute Gasteiger partial charge is 0.271 e. The van der Waals surface area contributed by atoms with E-state index in [1.807, 2.05) is 0 Å². The van der Waals surface area contributed by atoms with Gasteiger partial charge in [-0.05, 0) is 67.6 Å². The van der Waals surface area contributed by atoms with E-state index in [9.17, 15) is 0 Å². The Morgan fingerprint density at radius 1 is 1.12 bits per heavy atom. The van der Waals surface area contributed by atoms with Gasteiger partial charge >= 0.3 is 0 Å². The molecular weight excluding hydrogens is 196 g/mol. The lowest BCUT2D eigenvalue weighted by atomic mass is 9.93. The zero-order chi connectivity index (χ0) is 11.3. The third-order valence-corrected chi connectivity index (χ3v) is 5.53. The van der Waals surface area contributed by atoms with Crippen molar-refractivity contribution >= 4 is 0 Å². The fraction of sp³-hybridized carbons (Fsp3) is 1.00. The van der Waals surface area contributed by atoms with Gasteiger partial charge in [-0.15, -0.1) is 0 Å². The molecule has 92 valence electrons. The summed E-state index contributed by atoms with van der Waals surface area (Å²) >= 11 is 0. The van der Waals surface area contributed by atoms with E-state index in [-0.39, 0.29) is 0 Å². The monoisotopic (exact) mass is 222 g/mol. The van der Waals surface area contributed by atoms with Crippen molar-refractivity contribution in [2.75, 3.05) is 0 Å². The molecule has 0 saturated heterocycles. The highest BCUT2D eigenvalue weighted by Gasteiger charge is 2.66. The van der Waals surface area contributed by atoms with Crippen LogP contribution in [0.25, 0.3) is 0 Å². The first-order valence-electron chi connectivity index (χ1n) is 7.18. The van der Waals surface area contributed by atoms with Crippen molar-refractivity contribution in [2.24, 2.45) is 41.4 Å². The Labute approximate surface area is 99.3 Å². The molecule has 0 aromatic heterocycles. The van der Waals surface area contributed by atoms with Crippen molar-refractivity contribution < 1.29 is 0 Å². The summed E-state index contributed by atoms with van der Waals surface area (Å²) in [5.74, 6) is 11.8. The zero-order valence-corrected chi connectivity index (χ0v) is 10.7. The van der Waals surface area contributed by atoms with Gasteiger partial charge in [0.05, 0.1) is 0 Å². The third kappa shape index (κ3) is 1.62. The molecule has 0 amide bonds. The van der Waals surface area contributed by atoms with E-state index in [0.717, 1.165) is 35.5 Å². The standard InChI is InChI=1S/C14H26N2/c1-8(2)3-6-11(16-15)14-12-9-4-5-10(7-9)13(12)14/h8-14,16H,3-7,15H2,1-2H3. The molecule has 0 aliphatic heterocycles. The quantitative estimate of drug-likeness (QED) is 0.554. The first-order valence-corrected chi connectivity index (χ1v) is 7.18. The summed E-state index contributed by atoms with van der Waals surface area (Å²) in [5, 5.41) is 0. The van der Waals surface area contributed by atoms with Gasteiger partial charge < -0.3 is 0 Å². The summed E-state index contributed by atoms with van der Waals surface area (Å²) in [4.78, 5) is 0. The molecule has 0 aromatic rings. The summed E-state index contributed by atoms with van der Waals surface area (Å²) < 4.78 is 0. The maximum absolute atomic E-state index is 5.76. The minimum atomic E-state index is 0.612. The van der Waals surface area contributed by atoms with Gasteiger partial charge in [0.15, 0.2) is 0 Å². The third-order valence-electron chi connectivity index (χ3n) is 5.53. The topological polar surface area (TPSA) is 38.0 Å². The molecule has 2 nitrogen and oxygen atoms in total. The van der Waals surface area contributed by atoms with Gasteiger partial charge in [0.2, 0.25) is 0 Å². The fourth-order valence-electron chi connectivity index (χ4n) is 4.83. The predicted molar refractivity (Wildman–Crippen MR) is 66.5 cm³/mol. The molecule has 2 bridgehead atoms.